The third-order valence-corrected chi connectivity index (χ3v) is 6.90. The second-order valence-corrected chi connectivity index (χ2v) is 9.16. The van der Waals surface area contributed by atoms with Gasteiger partial charge in [0, 0.05) is 32.5 Å². The minimum atomic E-state index is -0.968. The number of piperidine rings is 1. The first-order valence-electron chi connectivity index (χ1n) is 11.8. The molecule has 2 fully saturated rings. The Labute approximate surface area is 185 Å². The van der Waals surface area contributed by atoms with Crippen molar-refractivity contribution in [1.29, 1.82) is 0 Å². The van der Waals surface area contributed by atoms with E-state index in [9.17, 15) is 19.5 Å². The van der Waals surface area contributed by atoms with E-state index in [1.165, 1.54) is 19.3 Å². The standard InChI is InChI=1S/C25H36N2O4/c1-2-3-4-5-9-13-22(28)26-16-10-14-25(19-26)15-17-27(24(25)31)21(23(29)30)18-20-11-7-6-8-12-20/h6-8,11-12,21H,2-5,9-10,13-19H2,1H3,(H,29,30)/t21-,25?/m0/s1. The number of benzene rings is 1. The molecule has 1 N–H and O–H groups in total. The van der Waals surface area contributed by atoms with Crippen LogP contribution in [0.2, 0.25) is 0 Å². The number of hydrogen-bond donors (Lipinski definition) is 1. The number of carboxylic acids is 1. The van der Waals surface area contributed by atoms with Crippen LogP contribution < -0.4 is 0 Å². The summed E-state index contributed by atoms with van der Waals surface area (Å²) < 4.78 is 0. The molecule has 2 amide bonds. The van der Waals surface area contributed by atoms with Crippen LogP contribution >= 0.6 is 0 Å². The second kappa shape index (κ2) is 10.8. The van der Waals surface area contributed by atoms with Crippen molar-refractivity contribution in [3.8, 4) is 0 Å². The fraction of sp³-hybridized carbons (Fsp3) is 0.640. The number of nitrogens with zero attached hydrogens (tertiary/aromatic N) is 2. The Bertz CT molecular complexity index is 766. The lowest BCUT2D eigenvalue weighted by molar-refractivity contribution is -0.153. The van der Waals surface area contributed by atoms with Gasteiger partial charge in [-0.05, 0) is 31.2 Å². The summed E-state index contributed by atoms with van der Waals surface area (Å²) in [5, 5.41) is 9.84. The van der Waals surface area contributed by atoms with Crippen molar-refractivity contribution >= 4 is 17.8 Å². The van der Waals surface area contributed by atoms with Gasteiger partial charge in [0.25, 0.3) is 0 Å². The minimum Gasteiger partial charge on any atom is -0.480 e. The summed E-state index contributed by atoms with van der Waals surface area (Å²) in [6.07, 6.45) is 8.55. The third-order valence-electron chi connectivity index (χ3n) is 6.90. The van der Waals surface area contributed by atoms with Crippen LogP contribution in [0.3, 0.4) is 0 Å². The molecule has 0 aliphatic carbocycles. The maximum Gasteiger partial charge on any atom is 0.326 e. The fourth-order valence-corrected chi connectivity index (χ4v) is 5.07. The normalized spacial score (nSPS) is 22.2. The Balaban J connectivity index is 1.62. The number of carbonyl (C=O) groups excluding carboxylic acids is 2. The van der Waals surface area contributed by atoms with E-state index in [0.29, 0.717) is 38.9 Å². The molecule has 2 atom stereocenters. The van der Waals surface area contributed by atoms with E-state index < -0.39 is 17.4 Å². The van der Waals surface area contributed by atoms with Crippen LogP contribution in [0.1, 0.15) is 70.3 Å². The van der Waals surface area contributed by atoms with Crippen molar-refractivity contribution in [1.82, 2.24) is 9.80 Å². The van der Waals surface area contributed by atoms with Crippen LogP contribution in [0.15, 0.2) is 30.3 Å². The van der Waals surface area contributed by atoms with Crippen molar-refractivity contribution in [3.63, 3.8) is 0 Å². The summed E-state index contributed by atoms with van der Waals surface area (Å²) >= 11 is 0. The maximum atomic E-state index is 13.4. The van der Waals surface area contributed by atoms with Crippen LogP contribution in [-0.2, 0) is 20.8 Å². The molecule has 2 heterocycles. The molecule has 31 heavy (non-hydrogen) atoms. The van der Waals surface area contributed by atoms with E-state index >= 15 is 0 Å². The number of rotatable bonds is 10. The number of hydrogen-bond acceptors (Lipinski definition) is 3. The molecule has 0 radical (unpaired) electrons. The van der Waals surface area contributed by atoms with Crippen LogP contribution in [-0.4, -0.2) is 58.4 Å². The van der Waals surface area contributed by atoms with Crippen molar-refractivity contribution in [2.75, 3.05) is 19.6 Å². The number of carbonyl (C=O) groups is 3. The molecule has 0 aromatic heterocycles. The lowest BCUT2D eigenvalue weighted by atomic mass is 9.78. The van der Waals surface area contributed by atoms with Gasteiger partial charge >= 0.3 is 5.97 Å². The van der Waals surface area contributed by atoms with Gasteiger partial charge in [-0.2, -0.15) is 0 Å². The molecule has 170 valence electrons. The van der Waals surface area contributed by atoms with Gasteiger partial charge in [0.05, 0.1) is 5.41 Å². The van der Waals surface area contributed by atoms with E-state index in [1.807, 2.05) is 35.2 Å². The molecular formula is C25H36N2O4. The molecule has 0 saturated carbocycles. The first-order chi connectivity index (χ1) is 15.0. The Morgan fingerprint density at radius 1 is 1.06 bits per heavy atom. The molecule has 6 nitrogen and oxygen atoms in total. The van der Waals surface area contributed by atoms with Crippen LogP contribution in [0.5, 0.6) is 0 Å². The Morgan fingerprint density at radius 2 is 1.81 bits per heavy atom. The Kier molecular flexibility index (Phi) is 8.10. The van der Waals surface area contributed by atoms with Crippen molar-refractivity contribution < 1.29 is 19.5 Å². The fourth-order valence-electron chi connectivity index (χ4n) is 5.07. The molecule has 2 aliphatic rings. The quantitative estimate of drug-likeness (QED) is 0.574. The first kappa shape index (κ1) is 23.3. The summed E-state index contributed by atoms with van der Waals surface area (Å²) in [7, 11) is 0. The smallest absolute Gasteiger partial charge is 0.326 e. The third kappa shape index (κ3) is 5.66. The lowest BCUT2D eigenvalue weighted by Crippen LogP contribution is -2.52. The number of carboxylic acid groups (broad SMARTS) is 1. The molecule has 2 saturated heterocycles. The molecule has 3 rings (SSSR count). The summed E-state index contributed by atoms with van der Waals surface area (Å²) in [6.45, 7) is 3.76. The highest BCUT2D eigenvalue weighted by Crippen LogP contribution is 2.41. The summed E-state index contributed by atoms with van der Waals surface area (Å²) in [5.41, 5.74) is 0.299. The molecule has 1 aromatic rings. The SMILES string of the molecule is CCCCCCCC(=O)N1CCCC2(CCN([C@@H](Cc3ccccc3)C(=O)O)C2=O)C1. The van der Waals surface area contributed by atoms with Gasteiger partial charge in [0.2, 0.25) is 11.8 Å². The van der Waals surface area contributed by atoms with E-state index in [-0.39, 0.29) is 11.8 Å². The van der Waals surface area contributed by atoms with Gasteiger partial charge in [0.15, 0.2) is 0 Å². The number of unbranched alkanes of at least 4 members (excludes halogenated alkanes) is 4. The average molecular weight is 429 g/mol. The summed E-state index contributed by atoms with van der Waals surface area (Å²) in [5.74, 6) is -0.915. The van der Waals surface area contributed by atoms with Gasteiger partial charge < -0.3 is 14.9 Å². The number of amides is 2. The predicted molar refractivity (Wildman–Crippen MR) is 120 cm³/mol. The minimum absolute atomic E-state index is 0.0868. The van der Waals surface area contributed by atoms with E-state index in [2.05, 4.69) is 6.92 Å². The second-order valence-electron chi connectivity index (χ2n) is 9.16. The molecular weight excluding hydrogens is 392 g/mol. The monoisotopic (exact) mass is 428 g/mol. The number of likely N-dealkylation sites (tertiary alicyclic amines) is 2. The molecule has 0 bridgehead atoms. The lowest BCUT2D eigenvalue weighted by Gasteiger charge is -2.39. The molecule has 2 aliphatic heterocycles. The highest BCUT2D eigenvalue weighted by atomic mass is 16.4. The zero-order valence-corrected chi connectivity index (χ0v) is 18.7. The Hall–Kier alpha value is -2.37. The van der Waals surface area contributed by atoms with Gasteiger partial charge in [-0.15, -0.1) is 0 Å². The maximum absolute atomic E-state index is 13.4. The Morgan fingerprint density at radius 3 is 2.52 bits per heavy atom. The highest BCUT2D eigenvalue weighted by molar-refractivity contribution is 5.90. The molecule has 1 spiro atoms. The summed E-state index contributed by atoms with van der Waals surface area (Å²) in [6, 6.07) is 8.59. The van der Waals surface area contributed by atoms with Gasteiger partial charge in [0.1, 0.15) is 6.04 Å². The van der Waals surface area contributed by atoms with Gasteiger partial charge in [-0.3, -0.25) is 9.59 Å². The van der Waals surface area contributed by atoms with E-state index in [4.69, 9.17) is 0 Å². The topological polar surface area (TPSA) is 77.9 Å². The highest BCUT2D eigenvalue weighted by Gasteiger charge is 2.52. The van der Waals surface area contributed by atoms with Crippen molar-refractivity contribution in [2.24, 2.45) is 5.41 Å². The molecule has 1 unspecified atom stereocenters. The van der Waals surface area contributed by atoms with Crippen LogP contribution in [0.25, 0.3) is 0 Å². The predicted octanol–water partition coefficient (Wildman–Crippen LogP) is 3.88. The van der Waals surface area contributed by atoms with Gasteiger partial charge in [-0.25, -0.2) is 4.79 Å². The first-order valence-corrected chi connectivity index (χ1v) is 11.8. The average Bonchev–Trinajstić information content (AvgIpc) is 3.07. The van der Waals surface area contributed by atoms with Gasteiger partial charge in [-0.1, -0.05) is 62.9 Å². The van der Waals surface area contributed by atoms with E-state index in [0.717, 1.165) is 31.2 Å². The number of aliphatic carboxylic acids is 1. The summed E-state index contributed by atoms with van der Waals surface area (Å²) in [4.78, 5) is 41.6. The molecule has 1 aromatic carbocycles. The van der Waals surface area contributed by atoms with Crippen molar-refractivity contribution in [3.05, 3.63) is 35.9 Å². The zero-order chi connectivity index (χ0) is 22.3. The zero-order valence-electron chi connectivity index (χ0n) is 18.7. The molecule has 6 heteroatoms. The van der Waals surface area contributed by atoms with Crippen molar-refractivity contribution in [2.45, 2.75) is 77.2 Å². The largest absolute Gasteiger partial charge is 0.480 e. The van der Waals surface area contributed by atoms with Crippen LogP contribution in [0, 0.1) is 5.41 Å². The van der Waals surface area contributed by atoms with Crippen LogP contribution in [0.4, 0.5) is 0 Å². The van der Waals surface area contributed by atoms with E-state index in [1.54, 1.807) is 4.90 Å².